The molecular weight excluding hydrogens is 342 g/mol. The Balaban J connectivity index is 2.35. The van der Waals surface area contributed by atoms with Gasteiger partial charge in [0.15, 0.2) is 11.5 Å². The van der Waals surface area contributed by atoms with Gasteiger partial charge in [-0.05, 0) is 71.6 Å². The van der Waals surface area contributed by atoms with Gasteiger partial charge in [0.05, 0.1) is 23.9 Å². The SMILES string of the molecule is CCOc1c(Br)cc(C=Nc2cc(C)ccc2C)cc1OC. The predicted molar refractivity (Wildman–Crippen MR) is 95.0 cm³/mol. The van der Waals surface area contributed by atoms with Gasteiger partial charge >= 0.3 is 0 Å². The fourth-order valence-corrected chi connectivity index (χ4v) is 2.68. The van der Waals surface area contributed by atoms with Crippen molar-refractivity contribution in [2.75, 3.05) is 13.7 Å². The van der Waals surface area contributed by atoms with Crippen molar-refractivity contribution in [3.63, 3.8) is 0 Å². The van der Waals surface area contributed by atoms with Crippen LogP contribution in [0.25, 0.3) is 0 Å². The molecule has 0 aliphatic rings. The van der Waals surface area contributed by atoms with E-state index < -0.39 is 0 Å². The molecule has 0 bridgehead atoms. The Hall–Kier alpha value is -1.81. The average molecular weight is 362 g/mol. The van der Waals surface area contributed by atoms with E-state index in [1.165, 1.54) is 5.56 Å². The minimum atomic E-state index is 0.588. The third-order valence-corrected chi connectivity index (χ3v) is 3.85. The van der Waals surface area contributed by atoms with Crippen molar-refractivity contribution in [2.24, 2.45) is 4.99 Å². The summed E-state index contributed by atoms with van der Waals surface area (Å²) in [5.74, 6) is 1.41. The molecule has 0 amide bonds. The third-order valence-electron chi connectivity index (χ3n) is 3.26. The van der Waals surface area contributed by atoms with Gasteiger partial charge in [0.2, 0.25) is 0 Å². The standard InChI is InChI=1S/C18H20BrNO2/c1-5-22-18-15(19)9-14(10-17(18)21-4)11-20-16-8-12(2)6-7-13(16)3/h6-11H,5H2,1-4H3. The second-order valence-electron chi connectivity index (χ2n) is 5.02. The first-order chi connectivity index (χ1) is 10.5. The lowest BCUT2D eigenvalue weighted by Gasteiger charge is -2.12. The van der Waals surface area contributed by atoms with Crippen molar-refractivity contribution >= 4 is 27.8 Å². The molecular formula is C18H20BrNO2. The van der Waals surface area contributed by atoms with Crippen LogP contribution in [0.15, 0.2) is 39.8 Å². The monoisotopic (exact) mass is 361 g/mol. The van der Waals surface area contributed by atoms with Crippen LogP contribution in [-0.4, -0.2) is 19.9 Å². The maximum atomic E-state index is 5.59. The third kappa shape index (κ3) is 3.89. The highest BCUT2D eigenvalue weighted by atomic mass is 79.9. The molecule has 22 heavy (non-hydrogen) atoms. The maximum absolute atomic E-state index is 5.59. The lowest BCUT2D eigenvalue weighted by Crippen LogP contribution is -1.97. The highest BCUT2D eigenvalue weighted by Gasteiger charge is 2.10. The van der Waals surface area contributed by atoms with Crippen LogP contribution >= 0.6 is 15.9 Å². The molecule has 0 fully saturated rings. The summed E-state index contributed by atoms with van der Waals surface area (Å²) in [7, 11) is 1.63. The van der Waals surface area contributed by atoms with Gasteiger partial charge in [-0.15, -0.1) is 0 Å². The molecule has 0 aliphatic heterocycles. The number of aliphatic imine (C=N–C) groups is 1. The van der Waals surface area contributed by atoms with Crippen LogP contribution in [0, 0.1) is 13.8 Å². The normalized spacial score (nSPS) is 11.0. The number of benzene rings is 2. The minimum Gasteiger partial charge on any atom is -0.493 e. The molecule has 2 aromatic rings. The van der Waals surface area contributed by atoms with Gasteiger partial charge in [0.25, 0.3) is 0 Å². The van der Waals surface area contributed by atoms with E-state index in [0.29, 0.717) is 18.1 Å². The topological polar surface area (TPSA) is 30.8 Å². The van der Waals surface area contributed by atoms with E-state index in [2.05, 4.69) is 53.0 Å². The summed E-state index contributed by atoms with van der Waals surface area (Å²) in [6, 6.07) is 10.1. The molecule has 0 atom stereocenters. The molecule has 0 radical (unpaired) electrons. The Morgan fingerprint density at radius 2 is 1.95 bits per heavy atom. The molecule has 0 saturated carbocycles. The van der Waals surface area contributed by atoms with E-state index >= 15 is 0 Å². The van der Waals surface area contributed by atoms with Gasteiger partial charge in [0, 0.05) is 6.21 Å². The number of halogens is 1. The summed E-state index contributed by atoms with van der Waals surface area (Å²) in [5, 5.41) is 0. The van der Waals surface area contributed by atoms with Gasteiger partial charge in [-0.2, -0.15) is 0 Å². The van der Waals surface area contributed by atoms with Crippen molar-refractivity contribution in [1.29, 1.82) is 0 Å². The second-order valence-corrected chi connectivity index (χ2v) is 5.87. The molecule has 0 aliphatic carbocycles. The van der Waals surface area contributed by atoms with Crippen molar-refractivity contribution in [3.05, 3.63) is 51.5 Å². The molecule has 4 heteroatoms. The fraction of sp³-hybridized carbons (Fsp3) is 0.278. The number of hydrogen-bond donors (Lipinski definition) is 0. The molecule has 0 N–H and O–H groups in total. The van der Waals surface area contributed by atoms with Crippen LogP contribution in [-0.2, 0) is 0 Å². The Labute approximate surface area is 140 Å². The average Bonchev–Trinajstić information content (AvgIpc) is 2.50. The van der Waals surface area contributed by atoms with Crippen LogP contribution in [0.3, 0.4) is 0 Å². The number of hydrogen-bond acceptors (Lipinski definition) is 3. The van der Waals surface area contributed by atoms with Crippen LogP contribution in [0.2, 0.25) is 0 Å². The van der Waals surface area contributed by atoms with E-state index in [1.807, 2.05) is 25.3 Å². The van der Waals surface area contributed by atoms with Gasteiger partial charge in [-0.25, -0.2) is 0 Å². The number of rotatable bonds is 5. The summed E-state index contributed by atoms with van der Waals surface area (Å²) in [4.78, 5) is 4.59. The molecule has 0 aromatic heterocycles. The first kappa shape index (κ1) is 16.6. The molecule has 3 nitrogen and oxygen atoms in total. The Morgan fingerprint density at radius 1 is 1.18 bits per heavy atom. The van der Waals surface area contributed by atoms with Crippen molar-refractivity contribution in [1.82, 2.24) is 0 Å². The van der Waals surface area contributed by atoms with Gasteiger partial charge in [-0.3, -0.25) is 4.99 Å². The molecule has 0 heterocycles. The lowest BCUT2D eigenvalue weighted by molar-refractivity contribution is 0.309. The molecule has 0 unspecified atom stereocenters. The Bertz CT molecular complexity index is 696. The first-order valence-electron chi connectivity index (χ1n) is 7.16. The number of methoxy groups -OCH3 is 1. The van der Waals surface area contributed by atoms with Crippen LogP contribution in [0.4, 0.5) is 5.69 Å². The number of nitrogens with zero attached hydrogens (tertiary/aromatic N) is 1. The largest absolute Gasteiger partial charge is 0.493 e. The van der Waals surface area contributed by atoms with E-state index in [4.69, 9.17) is 9.47 Å². The lowest BCUT2D eigenvalue weighted by atomic mass is 10.1. The predicted octanol–water partition coefficient (Wildman–Crippen LogP) is 5.22. The zero-order valence-electron chi connectivity index (χ0n) is 13.3. The minimum absolute atomic E-state index is 0.588. The van der Waals surface area contributed by atoms with Crippen molar-refractivity contribution in [2.45, 2.75) is 20.8 Å². The second kappa shape index (κ2) is 7.45. The number of ether oxygens (including phenoxy) is 2. The Kier molecular flexibility index (Phi) is 5.61. The van der Waals surface area contributed by atoms with Gasteiger partial charge in [0.1, 0.15) is 0 Å². The first-order valence-corrected chi connectivity index (χ1v) is 7.96. The van der Waals surface area contributed by atoms with Crippen LogP contribution in [0.5, 0.6) is 11.5 Å². The Morgan fingerprint density at radius 3 is 2.64 bits per heavy atom. The zero-order chi connectivity index (χ0) is 16.1. The molecule has 2 rings (SSSR count). The fourth-order valence-electron chi connectivity index (χ4n) is 2.10. The summed E-state index contributed by atoms with van der Waals surface area (Å²) < 4.78 is 11.9. The zero-order valence-corrected chi connectivity index (χ0v) is 14.9. The van der Waals surface area contributed by atoms with Gasteiger partial charge in [-0.1, -0.05) is 12.1 Å². The van der Waals surface area contributed by atoms with E-state index in [1.54, 1.807) is 7.11 Å². The van der Waals surface area contributed by atoms with Crippen molar-refractivity contribution in [3.8, 4) is 11.5 Å². The molecule has 0 saturated heterocycles. The summed E-state index contributed by atoms with van der Waals surface area (Å²) in [6.45, 7) is 6.66. The van der Waals surface area contributed by atoms with E-state index in [0.717, 1.165) is 21.3 Å². The summed E-state index contributed by atoms with van der Waals surface area (Å²) >= 11 is 3.53. The van der Waals surface area contributed by atoms with E-state index in [9.17, 15) is 0 Å². The highest BCUT2D eigenvalue weighted by molar-refractivity contribution is 9.10. The van der Waals surface area contributed by atoms with Crippen LogP contribution < -0.4 is 9.47 Å². The molecule has 0 spiro atoms. The summed E-state index contributed by atoms with van der Waals surface area (Å²) in [6.07, 6.45) is 1.84. The van der Waals surface area contributed by atoms with Gasteiger partial charge < -0.3 is 9.47 Å². The van der Waals surface area contributed by atoms with E-state index in [-0.39, 0.29) is 0 Å². The quantitative estimate of drug-likeness (QED) is 0.683. The molecule has 2 aromatic carbocycles. The van der Waals surface area contributed by atoms with Crippen molar-refractivity contribution < 1.29 is 9.47 Å². The maximum Gasteiger partial charge on any atom is 0.175 e. The molecule has 116 valence electrons. The smallest absolute Gasteiger partial charge is 0.175 e. The number of aryl methyl sites for hydroxylation is 2. The van der Waals surface area contributed by atoms with Crippen LogP contribution in [0.1, 0.15) is 23.6 Å². The highest BCUT2D eigenvalue weighted by Crippen LogP contribution is 2.36. The summed E-state index contributed by atoms with van der Waals surface area (Å²) in [5.41, 5.74) is 4.28.